The number of hydrogen-bond acceptors (Lipinski definition) is 5. The molecular formula is C12H14N4OS. The van der Waals surface area contributed by atoms with Crippen LogP contribution in [0.4, 0.5) is 5.82 Å². The van der Waals surface area contributed by atoms with E-state index in [0.717, 1.165) is 4.88 Å². The fourth-order valence-electron chi connectivity index (χ4n) is 1.56. The molecule has 0 bridgehead atoms. The van der Waals surface area contributed by atoms with Crippen molar-refractivity contribution >= 4 is 23.1 Å². The molecule has 0 fully saturated rings. The number of carbonyl (C=O) groups excluding carboxylic acids is 1. The first-order valence-corrected chi connectivity index (χ1v) is 6.35. The van der Waals surface area contributed by atoms with Crippen molar-refractivity contribution in [2.24, 2.45) is 0 Å². The predicted octanol–water partition coefficient (Wildman–Crippen LogP) is 1.95. The zero-order valence-corrected chi connectivity index (χ0v) is 11.0. The molecule has 6 heteroatoms. The van der Waals surface area contributed by atoms with Crippen LogP contribution in [0.2, 0.25) is 0 Å². The maximum Gasteiger partial charge on any atom is 0.274 e. The quantitative estimate of drug-likeness (QED) is 0.917. The van der Waals surface area contributed by atoms with Crippen molar-refractivity contribution in [1.29, 1.82) is 0 Å². The second kappa shape index (κ2) is 5.14. The monoisotopic (exact) mass is 262 g/mol. The molecule has 0 aliphatic rings. The molecule has 18 heavy (non-hydrogen) atoms. The van der Waals surface area contributed by atoms with Gasteiger partial charge in [-0.1, -0.05) is 6.07 Å². The Kier molecular flexibility index (Phi) is 3.57. The van der Waals surface area contributed by atoms with E-state index in [-0.39, 0.29) is 23.5 Å². The van der Waals surface area contributed by atoms with Crippen LogP contribution in [0.15, 0.2) is 29.9 Å². The molecule has 2 aromatic heterocycles. The van der Waals surface area contributed by atoms with Crippen LogP contribution in [0, 0.1) is 0 Å². The molecule has 0 aromatic carbocycles. The predicted molar refractivity (Wildman–Crippen MR) is 71.3 cm³/mol. The normalized spacial score (nSPS) is 12.1. The van der Waals surface area contributed by atoms with E-state index >= 15 is 0 Å². The highest BCUT2D eigenvalue weighted by Gasteiger charge is 2.20. The lowest BCUT2D eigenvalue weighted by atomic mass is 10.2. The van der Waals surface area contributed by atoms with Crippen molar-refractivity contribution < 1.29 is 4.79 Å². The van der Waals surface area contributed by atoms with Gasteiger partial charge in [-0.05, 0) is 18.4 Å². The summed E-state index contributed by atoms with van der Waals surface area (Å²) >= 11 is 1.62. The molecule has 1 atom stereocenters. The van der Waals surface area contributed by atoms with Crippen molar-refractivity contribution in [3.8, 4) is 0 Å². The van der Waals surface area contributed by atoms with Gasteiger partial charge < -0.3 is 10.6 Å². The molecule has 0 spiro atoms. The van der Waals surface area contributed by atoms with E-state index in [9.17, 15) is 4.79 Å². The lowest BCUT2D eigenvalue weighted by Gasteiger charge is -2.23. The summed E-state index contributed by atoms with van der Waals surface area (Å²) in [4.78, 5) is 22.8. The molecule has 0 saturated heterocycles. The molecule has 0 radical (unpaired) electrons. The molecule has 1 amide bonds. The van der Waals surface area contributed by atoms with Crippen LogP contribution in [0.3, 0.4) is 0 Å². The average molecular weight is 262 g/mol. The topological polar surface area (TPSA) is 72.1 Å². The molecule has 0 aliphatic carbocycles. The van der Waals surface area contributed by atoms with E-state index < -0.39 is 0 Å². The minimum Gasteiger partial charge on any atom is -0.382 e. The Morgan fingerprint density at radius 2 is 2.28 bits per heavy atom. The number of nitrogens with two attached hydrogens (primary N) is 1. The zero-order valence-electron chi connectivity index (χ0n) is 10.2. The number of aromatic nitrogens is 2. The van der Waals surface area contributed by atoms with E-state index in [1.165, 1.54) is 12.4 Å². The highest BCUT2D eigenvalue weighted by Crippen LogP contribution is 2.24. The van der Waals surface area contributed by atoms with Gasteiger partial charge in [-0.2, -0.15) is 0 Å². The lowest BCUT2D eigenvalue weighted by Crippen LogP contribution is -2.30. The summed E-state index contributed by atoms with van der Waals surface area (Å²) in [6, 6.07) is 3.97. The number of nitrogens with zero attached hydrogens (tertiary/aromatic N) is 3. The van der Waals surface area contributed by atoms with Crippen molar-refractivity contribution in [2.75, 3.05) is 12.8 Å². The van der Waals surface area contributed by atoms with Gasteiger partial charge in [0.25, 0.3) is 5.91 Å². The summed E-state index contributed by atoms with van der Waals surface area (Å²) in [5, 5.41) is 1.99. The number of thiophene rings is 1. The molecule has 2 N–H and O–H groups in total. The molecule has 1 unspecified atom stereocenters. The Bertz CT molecular complexity index is 541. The second-order valence-corrected chi connectivity index (χ2v) is 4.92. The smallest absolute Gasteiger partial charge is 0.274 e. The average Bonchev–Trinajstić information content (AvgIpc) is 2.90. The maximum atomic E-state index is 12.2. The van der Waals surface area contributed by atoms with E-state index in [4.69, 9.17) is 5.73 Å². The molecule has 0 saturated carbocycles. The Morgan fingerprint density at radius 1 is 1.50 bits per heavy atom. The first-order valence-electron chi connectivity index (χ1n) is 5.47. The van der Waals surface area contributed by atoms with Crippen molar-refractivity contribution in [2.45, 2.75) is 13.0 Å². The minimum atomic E-state index is -0.185. The number of rotatable bonds is 3. The van der Waals surface area contributed by atoms with Gasteiger partial charge >= 0.3 is 0 Å². The van der Waals surface area contributed by atoms with Crippen molar-refractivity contribution in [1.82, 2.24) is 14.9 Å². The van der Waals surface area contributed by atoms with Gasteiger partial charge in [0.05, 0.1) is 18.4 Å². The highest BCUT2D eigenvalue weighted by atomic mass is 32.1. The molecule has 0 aliphatic heterocycles. The minimum absolute atomic E-state index is 0.000676. The summed E-state index contributed by atoms with van der Waals surface area (Å²) in [7, 11) is 1.75. The van der Waals surface area contributed by atoms with Crippen molar-refractivity contribution in [3.05, 3.63) is 40.5 Å². The van der Waals surface area contributed by atoms with Gasteiger partial charge in [0.15, 0.2) is 0 Å². The van der Waals surface area contributed by atoms with Gasteiger partial charge in [-0.3, -0.25) is 9.78 Å². The molecule has 2 rings (SSSR count). The number of anilines is 1. The lowest BCUT2D eigenvalue weighted by molar-refractivity contribution is 0.0738. The van der Waals surface area contributed by atoms with Gasteiger partial charge in [-0.25, -0.2) is 4.98 Å². The Hall–Kier alpha value is -1.95. The van der Waals surface area contributed by atoms with E-state index in [1.807, 2.05) is 24.4 Å². The first-order chi connectivity index (χ1) is 8.59. The Balaban J connectivity index is 2.19. The van der Waals surface area contributed by atoms with Crippen LogP contribution >= 0.6 is 11.3 Å². The number of carbonyl (C=O) groups is 1. The SMILES string of the molecule is CC(c1cccs1)N(C)C(=O)c1cncc(N)n1. The second-order valence-electron chi connectivity index (χ2n) is 3.94. The zero-order chi connectivity index (χ0) is 13.1. The van der Waals surface area contributed by atoms with Gasteiger partial charge in [-0.15, -0.1) is 11.3 Å². The summed E-state index contributed by atoms with van der Waals surface area (Å²) in [5.74, 6) is 0.0636. The summed E-state index contributed by atoms with van der Waals surface area (Å²) in [6.07, 6.45) is 2.84. The van der Waals surface area contributed by atoms with Crippen LogP contribution in [0.1, 0.15) is 28.3 Å². The van der Waals surface area contributed by atoms with Crippen LogP contribution in [0.25, 0.3) is 0 Å². The number of hydrogen-bond donors (Lipinski definition) is 1. The molecule has 5 nitrogen and oxygen atoms in total. The standard InChI is InChI=1S/C12H14N4OS/c1-8(10-4-3-5-18-10)16(2)12(17)9-6-14-7-11(13)15-9/h3-8H,1-2H3,(H2,13,15). The van der Waals surface area contributed by atoms with E-state index in [0.29, 0.717) is 0 Å². The molecule has 2 heterocycles. The number of amides is 1. The molecule has 94 valence electrons. The fourth-order valence-corrected chi connectivity index (χ4v) is 2.39. The van der Waals surface area contributed by atoms with E-state index in [2.05, 4.69) is 9.97 Å². The highest BCUT2D eigenvalue weighted by molar-refractivity contribution is 7.10. The summed E-state index contributed by atoms with van der Waals surface area (Å²) in [6.45, 7) is 1.98. The van der Waals surface area contributed by atoms with Crippen LogP contribution < -0.4 is 5.73 Å². The van der Waals surface area contributed by atoms with E-state index in [1.54, 1.807) is 23.3 Å². The summed E-state index contributed by atoms with van der Waals surface area (Å²) < 4.78 is 0. The third-order valence-electron chi connectivity index (χ3n) is 2.73. The Morgan fingerprint density at radius 3 is 2.89 bits per heavy atom. The largest absolute Gasteiger partial charge is 0.382 e. The summed E-state index contributed by atoms with van der Waals surface area (Å²) in [5.41, 5.74) is 5.79. The first kappa shape index (κ1) is 12.5. The Labute approximate surface area is 109 Å². The number of nitrogen functional groups attached to an aromatic ring is 1. The third-order valence-corrected chi connectivity index (χ3v) is 3.77. The molecular weight excluding hydrogens is 248 g/mol. The van der Waals surface area contributed by atoms with Gasteiger partial charge in [0.2, 0.25) is 0 Å². The molecule has 2 aromatic rings. The third kappa shape index (κ3) is 2.48. The fraction of sp³-hybridized carbons (Fsp3) is 0.250. The maximum absolute atomic E-state index is 12.2. The van der Waals surface area contributed by atoms with Crippen LogP contribution in [-0.4, -0.2) is 27.8 Å². The van der Waals surface area contributed by atoms with Gasteiger partial charge in [0.1, 0.15) is 11.5 Å². The van der Waals surface area contributed by atoms with Crippen molar-refractivity contribution in [3.63, 3.8) is 0 Å². The van der Waals surface area contributed by atoms with Crippen LogP contribution in [0.5, 0.6) is 0 Å². The van der Waals surface area contributed by atoms with Crippen LogP contribution in [-0.2, 0) is 0 Å². The van der Waals surface area contributed by atoms with Gasteiger partial charge in [0, 0.05) is 11.9 Å².